The van der Waals surface area contributed by atoms with Gasteiger partial charge in [-0.25, -0.2) is 0 Å². The standard InChI is InChI=1S/3C5H11NO2S.Fe/c3*1-9-3-2-4(6)5(7)8;/h3*4H,2-3,6H2,1H3,(H,7,8);/t3*4-;/m000./s1. The van der Waals surface area contributed by atoms with E-state index < -0.39 is 36.0 Å². The first-order valence-corrected chi connectivity index (χ1v) is 12.1. The number of carboxylic acid groups (broad SMARTS) is 3. The van der Waals surface area contributed by atoms with Crippen LogP contribution in [-0.4, -0.2) is 87.4 Å². The molecule has 0 spiro atoms. The van der Waals surface area contributed by atoms with Crippen molar-refractivity contribution in [3.8, 4) is 0 Å². The first-order chi connectivity index (χ1) is 12.5. The second-order valence-corrected chi connectivity index (χ2v) is 8.14. The van der Waals surface area contributed by atoms with Gasteiger partial charge in [0.05, 0.1) is 0 Å². The Morgan fingerprint density at radius 3 is 0.929 bits per heavy atom. The Morgan fingerprint density at radius 1 is 0.643 bits per heavy atom. The molecule has 0 aliphatic heterocycles. The van der Waals surface area contributed by atoms with E-state index in [1.165, 1.54) is 0 Å². The van der Waals surface area contributed by atoms with Crippen LogP contribution in [0, 0.1) is 0 Å². The third-order valence-electron chi connectivity index (χ3n) is 2.85. The van der Waals surface area contributed by atoms with Gasteiger partial charge >= 0.3 is 17.9 Å². The summed E-state index contributed by atoms with van der Waals surface area (Å²) in [7, 11) is 0. The third-order valence-corrected chi connectivity index (χ3v) is 4.78. The Morgan fingerprint density at radius 2 is 0.821 bits per heavy atom. The number of thioether (sulfide) groups is 3. The fraction of sp³-hybridized carbons (Fsp3) is 0.800. The molecule has 9 nitrogen and oxygen atoms in total. The van der Waals surface area contributed by atoms with E-state index in [2.05, 4.69) is 0 Å². The molecule has 0 heterocycles. The molecule has 0 rings (SSSR count). The van der Waals surface area contributed by atoms with Crippen LogP contribution in [0.2, 0.25) is 0 Å². The summed E-state index contributed by atoms with van der Waals surface area (Å²) >= 11 is 4.81. The third kappa shape index (κ3) is 28.1. The molecule has 170 valence electrons. The van der Waals surface area contributed by atoms with E-state index in [-0.39, 0.29) is 17.1 Å². The van der Waals surface area contributed by atoms with Gasteiger partial charge in [-0.3, -0.25) is 14.4 Å². The maximum Gasteiger partial charge on any atom is 0.320 e. The molecule has 0 aliphatic rings. The Hall–Kier alpha value is -0.141. The molecule has 0 bridgehead atoms. The van der Waals surface area contributed by atoms with Crippen LogP contribution in [0.3, 0.4) is 0 Å². The normalized spacial score (nSPS) is 12.6. The summed E-state index contributed by atoms with van der Waals surface area (Å²) in [5.41, 5.74) is 15.6. The molecule has 0 amide bonds. The van der Waals surface area contributed by atoms with E-state index in [0.717, 1.165) is 17.3 Å². The molecule has 0 aliphatic carbocycles. The van der Waals surface area contributed by atoms with Gasteiger partial charge in [-0.2, -0.15) is 35.3 Å². The second kappa shape index (κ2) is 24.9. The van der Waals surface area contributed by atoms with Crippen molar-refractivity contribution in [1.29, 1.82) is 0 Å². The van der Waals surface area contributed by atoms with Crippen molar-refractivity contribution in [1.82, 2.24) is 0 Å². The van der Waals surface area contributed by atoms with Gasteiger partial charge in [-0.05, 0) is 55.3 Å². The van der Waals surface area contributed by atoms with Gasteiger partial charge in [-0.1, -0.05) is 0 Å². The average Bonchev–Trinajstić information content (AvgIpc) is 2.62. The maximum atomic E-state index is 10.1. The number of carboxylic acids is 3. The summed E-state index contributed by atoms with van der Waals surface area (Å²) in [4.78, 5) is 30.2. The largest absolute Gasteiger partial charge is 0.480 e. The molecular formula is C15H33FeN3O6S3. The molecule has 13 heteroatoms. The fourth-order valence-electron chi connectivity index (χ4n) is 1.10. The fourth-order valence-corrected chi connectivity index (χ4v) is 2.57. The van der Waals surface area contributed by atoms with Crippen LogP contribution in [0.25, 0.3) is 0 Å². The summed E-state index contributed by atoms with van der Waals surface area (Å²) in [6.45, 7) is 0. The van der Waals surface area contributed by atoms with Crippen molar-refractivity contribution >= 4 is 53.2 Å². The zero-order valence-corrected chi connectivity index (χ0v) is 19.9. The first kappa shape index (κ1) is 35.3. The van der Waals surface area contributed by atoms with Crippen molar-refractivity contribution in [2.45, 2.75) is 37.4 Å². The molecule has 0 saturated heterocycles. The van der Waals surface area contributed by atoms with Crippen molar-refractivity contribution in [2.75, 3.05) is 36.0 Å². The van der Waals surface area contributed by atoms with Gasteiger partial charge < -0.3 is 32.5 Å². The van der Waals surface area contributed by atoms with Crippen molar-refractivity contribution in [2.24, 2.45) is 17.2 Å². The van der Waals surface area contributed by atoms with Gasteiger partial charge in [0.25, 0.3) is 0 Å². The summed E-state index contributed by atoms with van der Waals surface area (Å²) in [5, 5.41) is 24.8. The summed E-state index contributed by atoms with van der Waals surface area (Å²) in [6.07, 6.45) is 7.43. The topological polar surface area (TPSA) is 190 Å². The van der Waals surface area contributed by atoms with Crippen LogP contribution in [0.15, 0.2) is 0 Å². The number of aliphatic carboxylic acids is 3. The minimum atomic E-state index is -0.913. The predicted molar refractivity (Wildman–Crippen MR) is 116 cm³/mol. The Balaban J connectivity index is -0.000000152. The molecule has 28 heavy (non-hydrogen) atoms. The molecule has 0 aromatic carbocycles. The molecule has 0 aromatic heterocycles. The Labute approximate surface area is 190 Å². The molecule has 9 N–H and O–H groups in total. The van der Waals surface area contributed by atoms with Gasteiger partial charge in [0.15, 0.2) is 0 Å². The van der Waals surface area contributed by atoms with Crippen LogP contribution in [-0.2, 0) is 31.5 Å². The quantitative estimate of drug-likeness (QED) is 0.202. The van der Waals surface area contributed by atoms with E-state index in [4.69, 9.17) is 32.5 Å². The summed E-state index contributed by atoms with van der Waals surface area (Å²) in [5.74, 6) is -0.300. The molecule has 0 fully saturated rings. The molecule has 0 aromatic rings. The van der Waals surface area contributed by atoms with Gasteiger partial charge in [0.2, 0.25) is 0 Å². The van der Waals surface area contributed by atoms with Gasteiger partial charge in [0.1, 0.15) is 18.1 Å². The second-order valence-electron chi connectivity index (χ2n) is 5.18. The number of hydrogen-bond acceptors (Lipinski definition) is 9. The van der Waals surface area contributed by atoms with E-state index >= 15 is 0 Å². The minimum Gasteiger partial charge on any atom is -0.480 e. The van der Waals surface area contributed by atoms with Crippen LogP contribution in [0.4, 0.5) is 0 Å². The Kier molecular flexibility index (Phi) is 31.4. The first-order valence-electron chi connectivity index (χ1n) is 7.96. The summed E-state index contributed by atoms with van der Waals surface area (Å²) < 4.78 is 0. The van der Waals surface area contributed by atoms with E-state index in [9.17, 15) is 14.4 Å². The SMILES string of the molecule is CSCC[C@H](N)C(=O)O.CSCC[C@H](N)C(=O)O.CSCC[C@H](N)C(=O)O.[Fe]. The number of nitrogens with two attached hydrogens (primary N) is 3. The van der Waals surface area contributed by atoms with Crippen molar-refractivity contribution in [3.05, 3.63) is 0 Å². The maximum absolute atomic E-state index is 10.1. The van der Waals surface area contributed by atoms with Gasteiger partial charge in [-0.15, -0.1) is 0 Å². The zero-order valence-electron chi connectivity index (χ0n) is 16.4. The molecule has 3 atom stereocenters. The minimum absolute atomic E-state index is 0. The average molecular weight is 503 g/mol. The van der Waals surface area contributed by atoms with Crippen LogP contribution in [0.1, 0.15) is 19.3 Å². The van der Waals surface area contributed by atoms with Crippen LogP contribution < -0.4 is 17.2 Å². The van der Waals surface area contributed by atoms with Gasteiger partial charge in [0, 0.05) is 17.1 Å². The zero-order chi connectivity index (χ0) is 21.8. The van der Waals surface area contributed by atoms with Crippen molar-refractivity contribution in [3.63, 3.8) is 0 Å². The van der Waals surface area contributed by atoms with E-state index in [0.29, 0.717) is 19.3 Å². The van der Waals surface area contributed by atoms with Crippen LogP contribution in [0.5, 0.6) is 0 Å². The van der Waals surface area contributed by atoms with Crippen molar-refractivity contribution < 1.29 is 46.8 Å². The van der Waals surface area contributed by atoms with Crippen LogP contribution >= 0.6 is 35.3 Å². The molecule has 0 radical (unpaired) electrons. The molecular weight excluding hydrogens is 470 g/mol. The smallest absolute Gasteiger partial charge is 0.320 e. The number of hydrogen-bond donors (Lipinski definition) is 6. The molecule has 0 saturated carbocycles. The number of carbonyl (C=O) groups is 3. The molecule has 0 unspecified atom stereocenters. The predicted octanol–water partition coefficient (Wildman–Crippen LogP) is 0.452. The van der Waals surface area contributed by atoms with E-state index in [1.807, 2.05) is 18.8 Å². The van der Waals surface area contributed by atoms with E-state index in [1.54, 1.807) is 35.3 Å². The number of rotatable bonds is 12. The summed E-state index contributed by atoms with van der Waals surface area (Å²) in [6, 6.07) is -2.05. The monoisotopic (exact) mass is 503 g/mol. The Bertz CT molecular complexity index is 354.